The molecule has 2 aromatic rings. The van der Waals surface area contributed by atoms with Crippen LogP contribution in [0.5, 0.6) is 0 Å². The van der Waals surface area contributed by atoms with E-state index in [4.69, 9.17) is 4.74 Å². The Morgan fingerprint density at radius 1 is 1.23 bits per heavy atom. The lowest BCUT2D eigenvalue weighted by atomic mass is 9.79. The predicted octanol–water partition coefficient (Wildman–Crippen LogP) is 6.37. The van der Waals surface area contributed by atoms with E-state index < -0.39 is 16.8 Å². The molecule has 1 aromatic heterocycles. The molecular formula is C28H39NO4S2. The molecule has 3 rings (SSSR count). The van der Waals surface area contributed by atoms with E-state index in [1.165, 1.54) is 16.6 Å². The van der Waals surface area contributed by atoms with Gasteiger partial charge in [-0.25, -0.2) is 4.98 Å². The van der Waals surface area contributed by atoms with Crippen molar-refractivity contribution >= 4 is 34.9 Å². The Morgan fingerprint density at radius 2 is 1.91 bits per heavy atom. The molecular weight excluding hydrogens is 478 g/mol. The molecule has 1 aliphatic rings. The van der Waals surface area contributed by atoms with E-state index in [1.54, 1.807) is 11.3 Å². The molecule has 1 aliphatic heterocycles. The molecule has 1 saturated heterocycles. The molecule has 0 spiro atoms. The van der Waals surface area contributed by atoms with Crippen LogP contribution in [0.4, 0.5) is 0 Å². The van der Waals surface area contributed by atoms with Crippen molar-refractivity contribution in [3.05, 3.63) is 44.9 Å². The van der Waals surface area contributed by atoms with Gasteiger partial charge < -0.3 is 9.84 Å². The third-order valence-corrected chi connectivity index (χ3v) is 9.18. The molecule has 0 amide bonds. The van der Waals surface area contributed by atoms with Gasteiger partial charge in [0.25, 0.3) is 0 Å². The number of aliphatic hydroxyl groups is 1. The van der Waals surface area contributed by atoms with Crippen molar-refractivity contribution < 1.29 is 19.4 Å². The summed E-state index contributed by atoms with van der Waals surface area (Å²) in [6, 6.07) is 3.98. The molecule has 2 unspecified atom stereocenters. The molecule has 192 valence electrons. The Balaban J connectivity index is 1.85. The van der Waals surface area contributed by atoms with Crippen molar-refractivity contribution in [1.82, 2.24) is 4.98 Å². The van der Waals surface area contributed by atoms with Gasteiger partial charge in [-0.3, -0.25) is 9.59 Å². The number of ether oxygens (including phenoxy) is 1. The fourth-order valence-corrected chi connectivity index (χ4v) is 6.91. The zero-order chi connectivity index (χ0) is 26.1. The summed E-state index contributed by atoms with van der Waals surface area (Å²) < 4.78 is 6.15. The summed E-state index contributed by atoms with van der Waals surface area (Å²) in [7, 11) is 0. The number of nitrogens with zero attached hydrogens (tertiary/aromatic N) is 1. The monoisotopic (exact) mass is 517 g/mol. The number of carbonyl (C=O) groups excluding carboxylic acids is 2. The van der Waals surface area contributed by atoms with Gasteiger partial charge in [-0.05, 0) is 59.8 Å². The van der Waals surface area contributed by atoms with Gasteiger partial charge in [0.1, 0.15) is 5.60 Å². The summed E-state index contributed by atoms with van der Waals surface area (Å²) in [6.45, 7) is 16.5. The topological polar surface area (TPSA) is 76.5 Å². The van der Waals surface area contributed by atoms with Crippen LogP contribution in [0.15, 0.2) is 22.5 Å². The number of carbonyl (C=O) groups is 2. The number of esters is 1. The van der Waals surface area contributed by atoms with Gasteiger partial charge in [0.15, 0.2) is 11.0 Å². The third-order valence-electron chi connectivity index (χ3n) is 6.99. The van der Waals surface area contributed by atoms with E-state index in [1.807, 2.05) is 38.4 Å². The quantitative estimate of drug-likeness (QED) is 0.324. The second-order valence-corrected chi connectivity index (χ2v) is 13.4. The normalized spacial score (nSPS) is 21.2. The van der Waals surface area contributed by atoms with E-state index in [-0.39, 0.29) is 30.1 Å². The SMILES string of the molecule is Cc1cc(SC2C(=O)CC(CCc3scnc3C(C)C)(C(C)C)OC2=O)c(C(C)(C)C)cc1CO. The highest BCUT2D eigenvalue weighted by atomic mass is 32.2. The van der Waals surface area contributed by atoms with Crippen molar-refractivity contribution in [2.24, 2.45) is 5.92 Å². The lowest BCUT2D eigenvalue weighted by molar-refractivity contribution is -0.176. The van der Waals surface area contributed by atoms with Crippen LogP contribution in [-0.4, -0.2) is 32.7 Å². The van der Waals surface area contributed by atoms with Crippen molar-refractivity contribution in [3.8, 4) is 0 Å². The summed E-state index contributed by atoms with van der Waals surface area (Å²) in [6.07, 6.45) is 1.58. The minimum atomic E-state index is -0.878. The second kappa shape index (κ2) is 10.7. The Hall–Kier alpha value is -1.70. The molecule has 0 saturated carbocycles. The number of cyclic esters (lactones) is 1. The van der Waals surface area contributed by atoms with E-state index in [9.17, 15) is 14.7 Å². The van der Waals surface area contributed by atoms with Gasteiger partial charge in [0.05, 0.1) is 17.8 Å². The molecule has 2 heterocycles. The molecule has 0 aliphatic carbocycles. The number of Topliss-reactive ketones (excluding diaryl/α,β-unsaturated/α-hetero) is 1. The fourth-order valence-electron chi connectivity index (χ4n) is 4.64. The van der Waals surface area contributed by atoms with Gasteiger partial charge in [-0.2, -0.15) is 0 Å². The van der Waals surface area contributed by atoms with Crippen LogP contribution in [0.1, 0.15) is 94.5 Å². The number of aromatic nitrogens is 1. The van der Waals surface area contributed by atoms with E-state index in [0.717, 1.165) is 33.7 Å². The largest absolute Gasteiger partial charge is 0.457 e. The van der Waals surface area contributed by atoms with Gasteiger partial charge in [0.2, 0.25) is 0 Å². The first kappa shape index (κ1) is 27.9. The van der Waals surface area contributed by atoms with Crippen LogP contribution >= 0.6 is 23.1 Å². The molecule has 1 fully saturated rings. The van der Waals surface area contributed by atoms with Gasteiger partial charge in [-0.15, -0.1) is 23.1 Å². The molecule has 1 N–H and O–H groups in total. The number of rotatable bonds is 8. The van der Waals surface area contributed by atoms with Crippen LogP contribution in [0.3, 0.4) is 0 Å². The maximum atomic E-state index is 13.5. The highest BCUT2D eigenvalue weighted by Gasteiger charge is 2.49. The molecule has 0 radical (unpaired) electrons. The number of aryl methyl sites for hydroxylation is 2. The number of hydrogen-bond acceptors (Lipinski definition) is 7. The lowest BCUT2D eigenvalue weighted by Gasteiger charge is -2.41. The van der Waals surface area contributed by atoms with E-state index in [2.05, 4.69) is 39.6 Å². The molecule has 2 atom stereocenters. The molecule has 5 nitrogen and oxygen atoms in total. The maximum absolute atomic E-state index is 13.5. The Kier molecular flexibility index (Phi) is 8.55. The van der Waals surface area contributed by atoms with Gasteiger partial charge in [-0.1, -0.05) is 54.5 Å². The Bertz CT molecular complexity index is 1060. The highest BCUT2D eigenvalue weighted by molar-refractivity contribution is 8.01. The Morgan fingerprint density at radius 3 is 2.46 bits per heavy atom. The zero-order valence-corrected chi connectivity index (χ0v) is 23.9. The molecule has 0 bridgehead atoms. The summed E-state index contributed by atoms with van der Waals surface area (Å²) >= 11 is 2.92. The average Bonchev–Trinajstić information content (AvgIpc) is 3.23. The fraction of sp³-hybridized carbons (Fsp3) is 0.607. The van der Waals surface area contributed by atoms with E-state index in [0.29, 0.717) is 12.3 Å². The maximum Gasteiger partial charge on any atom is 0.327 e. The average molecular weight is 518 g/mol. The van der Waals surface area contributed by atoms with Crippen molar-refractivity contribution in [3.63, 3.8) is 0 Å². The van der Waals surface area contributed by atoms with Crippen LogP contribution in [0.25, 0.3) is 0 Å². The van der Waals surface area contributed by atoms with Gasteiger partial charge in [0, 0.05) is 16.2 Å². The molecule has 7 heteroatoms. The first-order chi connectivity index (χ1) is 16.3. The first-order valence-corrected chi connectivity index (χ1v) is 14.1. The van der Waals surface area contributed by atoms with E-state index >= 15 is 0 Å². The summed E-state index contributed by atoms with van der Waals surface area (Å²) in [5.41, 5.74) is 4.78. The smallest absolute Gasteiger partial charge is 0.327 e. The number of thiazole rings is 1. The minimum Gasteiger partial charge on any atom is -0.457 e. The Labute approximate surface area is 218 Å². The lowest BCUT2D eigenvalue weighted by Crippen LogP contribution is -2.52. The third kappa shape index (κ3) is 6.00. The second-order valence-electron chi connectivity index (χ2n) is 11.3. The number of hydrogen-bond donors (Lipinski definition) is 1. The predicted molar refractivity (Wildman–Crippen MR) is 143 cm³/mol. The number of ketones is 1. The summed E-state index contributed by atoms with van der Waals surface area (Å²) in [5.74, 6) is -0.164. The van der Waals surface area contributed by atoms with Crippen molar-refractivity contribution in [1.29, 1.82) is 0 Å². The van der Waals surface area contributed by atoms with Crippen LogP contribution in [-0.2, 0) is 32.8 Å². The summed E-state index contributed by atoms with van der Waals surface area (Å²) in [4.78, 5) is 33.4. The standard InChI is InChI=1S/C28H39NO4S2/c1-16(2)24-22(34-15-29-24)9-10-28(17(3)4)13-21(31)25(26(32)33-28)35-23-11-18(5)19(14-30)12-20(23)27(6,7)8/h11-12,15-17,25,30H,9-10,13-14H2,1-8H3. The minimum absolute atomic E-state index is 0.0213. The highest BCUT2D eigenvalue weighted by Crippen LogP contribution is 2.43. The number of thioether (sulfide) groups is 1. The van der Waals surface area contributed by atoms with Crippen LogP contribution < -0.4 is 0 Å². The molecule has 1 aromatic carbocycles. The van der Waals surface area contributed by atoms with Crippen molar-refractivity contribution in [2.45, 2.75) is 108 Å². The molecule has 35 heavy (non-hydrogen) atoms. The van der Waals surface area contributed by atoms with Crippen molar-refractivity contribution in [2.75, 3.05) is 0 Å². The summed E-state index contributed by atoms with van der Waals surface area (Å²) in [5, 5.41) is 8.87. The number of benzene rings is 1. The van der Waals surface area contributed by atoms with Crippen LogP contribution in [0.2, 0.25) is 0 Å². The zero-order valence-electron chi connectivity index (χ0n) is 22.2. The van der Waals surface area contributed by atoms with Crippen LogP contribution in [0, 0.1) is 12.8 Å². The van der Waals surface area contributed by atoms with Gasteiger partial charge >= 0.3 is 5.97 Å². The number of aliphatic hydroxyl groups excluding tert-OH is 1. The first-order valence-electron chi connectivity index (χ1n) is 12.4.